The van der Waals surface area contributed by atoms with Gasteiger partial charge < -0.3 is 24.1 Å². The molecule has 0 saturated heterocycles. The van der Waals surface area contributed by atoms with Gasteiger partial charge in [-0.05, 0) is 90.4 Å². The third-order valence-electron chi connectivity index (χ3n) is 6.84. The number of aromatic nitrogens is 2. The van der Waals surface area contributed by atoms with Gasteiger partial charge in [0.15, 0.2) is 6.61 Å². The molecule has 2 N–H and O–H groups in total. The summed E-state index contributed by atoms with van der Waals surface area (Å²) in [5.74, 6) is -0.197. The Morgan fingerprint density at radius 3 is 2.35 bits per heavy atom. The Morgan fingerprint density at radius 2 is 1.67 bits per heavy atom. The maximum absolute atomic E-state index is 11.7. The molecule has 0 atom stereocenters. The lowest BCUT2D eigenvalue weighted by molar-refractivity contribution is -0.146. The fraction of sp³-hybridized carbons (Fsp3) is 0.312. The van der Waals surface area contributed by atoms with Gasteiger partial charge in [0.1, 0.15) is 18.1 Å². The molecule has 1 aromatic heterocycles. The minimum atomic E-state index is -0.785. The summed E-state index contributed by atoms with van der Waals surface area (Å²) < 4.78 is 22.4. The van der Waals surface area contributed by atoms with E-state index < -0.39 is 17.4 Å². The predicted molar refractivity (Wildman–Crippen MR) is 159 cm³/mol. The Morgan fingerprint density at radius 1 is 0.930 bits per heavy atom. The largest absolute Gasteiger partial charge is 0.494 e. The van der Waals surface area contributed by atoms with Crippen LogP contribution in [0.1, 0.15) is 41.2 Å². The molecule has 0 unspecified atom stereocenters. The molecule has 0 spiro atoms. The van der Waals surface area contributed by atoms with Gasteiger partial charge in [-0.25, -0.2) is 14.6 Å². The van der Waals surface area contributed by atoms with E-state index in [0.29, 0.717) is 31.9 Å². The van der Waals surface area contributed by atoms with Gasteiger partial charge in [0.05, 0.1) is 13.2 Å². The van der Waals surface area contributed by atoms with Crippen molar-refractivity contribution >= 4 is 11.9 Å². The second-order valence-corrected chi connectivity index (χ2v) is 10.1. The van der Waals surface area contributed by atoms with Crippen LogP contribution in [0.4, 0.5) is 0 Å². The number of nitrogens with one attached hydrogen (secondary N) is 2. The van der Waals surface area contributed by atoms with E-state index in [0.717, 1.165) is 49.4 Å². The van der Waals surface area contributed by atoms with Crippen LogP contribution in [-0.2, 0) is 27.5 Å². The number of rotatable bonds is 13. The average Bonchev–Trinajstić information content (AvgIpc) is 3.29. The van der Waals surface area contributed by atoms with E-state index in [1.165, 1.54) is 6.92 Å². The van der Waals surface area contributed by atoms with Crippen LogP contribution in [0.5, 0.6) is 11.5 Å². The van der Waals surface area contributed by atoms with Gasteiger partial charge in [-0.1, -0.05) is 30.3 Å². The Labute approximate surface area is 248 Å². The zero-order valence-electron chi connectivity index (χ0n) is 24.7. The summed E-state index contributed by atoms with van der Waals surface area (Å²) in [4.78, 5) is 47.3. The highest BCUT2D eigenvalue weighted by molar-refractivity contribution is 5.79. The number of aryl methyl sites for hydroxylation is 2. The standard InChI is InChI=1S/C32H35N3O8/c1-20-6-9-25(18-42-26-10-7-24(8-11-26)17-35-31(38)34-32(39)43-35)22(3)30(20)28-13-12-27(16-21(28)2)40-15-5-14-33-29(37)19-41-23(4)36/h6-13,16H,5,14-15,17-19H2,1-4H3,(H,33,37)(H,34,38,39). The Kier molecular flexibility index (Phi) is 10.2. The molecule has 3 aromatic carbocycles. The molecule has 0 bridgehead atoms. The summed E-state index contributed by atoms with van der Waals surface area (Å²) in [6, 6.07) is 17.4. The van der Waals surface area contributed by atoms with Crippen molar-refractivity contribution in [3.8, 4) is 22.6 Å². The predicted octanol–water partition coefficient (Wildman–Crippen LogP) is 3.80. The molecule has 11 heteroatoms. The average molecular weight is 590 g/mol. The third kappa shape index (κ3) is 8.48. The van der Waals surface area contributed by atoms with E-state index in [4.69, 9.17) is 14.0 Å². The zero-order valence-corrected chi connectivity index (χ0v) is 24.7. The first kappa shape index (κ1) is 30.9. The number of H-pyrrole nitrogens is 1. The molecule has 0 aliphatic carbocycles. The van der Waals surface area contributed by atoms with Crippen molar-refractivity contribution in [3.63, 3.8) is 0 Å². The minimum absolute atomic E-state index is 0.138. The molecule has 0 aliphatic heterocycles. The number of ether oxygens (including phenoxy) is 3. The van der Waals surface area contributed by atoms with E-state index in [1.807, 2.05) is 43.3 Å². The maximum atomic E-state index is 11.7. The molecule has 0 radical (unpaired) electrons. The van der Waals surface area contributed by atoms with Gasteiger partial charge in [0.2, 0.25) is 0 Å². The van der Waals surface area contributed by atoms with Gasteiger partial charge >= 0.3 is 17.4 Å². The van der Waals surface area contributed by atoms with Crippen molar-refractivity contribution in [2.24, 2.45) is 0 Å². The highest BCUT2D eigenvalue weighted by atomic mass is 16.5. The number of esters is 1. The second kappa shape index (κ2) is 14.2. The molecule has 4 aromatic rings. The van der Waals surface area contributed by atoms with Crippen LogP contribution >= 0.6 is 0 Å². The molecular formula is C32H35N3O8. The molecule has 1 heterocycles. The van der Waals surface area contributed by atoms with E-state index in [2.05, 4.69) is 47.1 Å². The summed E-state index contributed by atoms with van der Waals surface area (Å²) in [6.07, 6.45) is 0.612. The van der Waals surface area contributed by atoms with Gasteiger partial charge in [0, 0.05) is 13.5 Å². The van der Waals surface area contributed by atoms with Crippen molar-refractivity contribution < 1.29 is 28.3 Å². The first-order valence-corrected chi connectivity index (χ1v) is 13.9. The number of aromatic amines is 1. The van der Waals surface area contributed by atoms with Gasteiger partial charge in [-0.2, -0.15) is 0 Å². The van der Waals surface area contributed by atoms with Crippen molar-refractivity contribution in [2.75, 3.05) is 19.8 Å². The lowest BCUT2D eigenvalue weighted by Gasteiger charge is -2.18. The van der Waals surface area contributed by atoms with Crippen molar-refractivity contribution in [2.45, 2.75) is 47.3 Å². The maximum Gasteiger partial charge on any atom is 0.440 e. The minimum Gasteiger partial charge on any atom is -0.494 e. The van der Waals surface area contributed by atoms with Crippen LogP contribution in [0.25, 0.3) is 11.1 Å². The van der Waals surface area contributed by atoms with Crippen molar-refractivity contribution in [3.05, 3.63) is 103 Å². The normalized spacial score (nSPS) is 10.8. The van der Waals surface area contributed by atoms with Crippen LogP contribution in [0.2, 0.25) is 0 Å². The van der Waals surface area contributed by atoms with Gasteiger partial charge in [0.25, 0.3) is 5.91 Å². The molecule has 43 heavy (non-hydrogen) atoms. The smallest absolute Gasteiger partial charge is 0.440 e. The molecule has 226 valence electrons. The van der Waals surface area contributed by atoms with Crippen LogP contribution in [0.15, 0.2) is 68.7 Å². The highest BCUT2D eigenvalue weighted by Gasteiger charge is 2.14. The van der Waals surface area contributed by atoms with Crippen LogP contribution in [-0.4, -0.2) is 41.4 Å². The zero-order chi connectivity index (χ0) is 30.9. The fourth-order valence-corrected chi connectivity index (χ4v) is 4.61. The Balaban J connectivity index is 1.34. The van der Waals surface area contributed by atoms with Crippen molar-refractivity contribution in [1.82, 2.24) is 15.0 Å². The van der Waals surface area contributed by atoms with E-state index in [9.17, 15) is 19.2 Å². The SMILES string of the molecule is CC(=O)OCC(=O)NCCCOc1ccc(-c2c(C)ccc(COc3ccc(Cn4oc(=O)[nH]c4=O)cc3)c2C)c(C)c1. The Bertz CT molecular complexity index is 1700. The quantitative estimate of drug-likeness (QED) is 0.177. The fourth-order valence-electron chi connectivity index (χ4n) is 4.61. The van der Waals surface area contributed by atoms with Crippen LogP contribution in [0, 0.1) is 20.8 Å². The third-order valence-corrected chi connectivity index (χ3v) is 6.84. The summed E-state index contributed by atoms with van der Waals surface area (Å²) in [5.41, 5.74) is 6.86. The topological polar surface area (TPSA) is 142 Å². The summed E-state index contributed by atoms with van der Waals surface area (Å²) in [7, 11) is 0. The van der Waals surface area contributed by atoms with Crippen LogP contribution < -0.4 is 26.2 Å². The lowest BCUT2D eigenvalue weighted by atomic mass is 9.90. The van der Waals surface area contributed by atoms with Gasteiger partial charge in [-0.15, -0.1) is 4.74 Å². The molecule has 0 fully saturated rings. The number of amides is 1. The summed E-state index contributed by atoms with van der Waals surface area (Å²) >= 11 is 0. The molecule has 1 amide bonds. The second-order valence-electron chi connectivity index (χ2n) is 10.1. The van der Waals surface area contributed by atoms with Gasteiger partial charge in [-0.3, -0.25) is 9.59 Å². The van der Waals surface area contributed by atoms with E-state index in [-0.39, 0.29) is 19.1 Å². The molecular weight excluding hydrogens is 554 g/mol. The molecule has 11 nitrogen and oxygen atoms in total. The summed E-state index contributed by atoms with van der Waals surface area (Å²) in [6.45, 7) is 8.57. The molecule has 0 aliphatic rings. The van der Waals surface area contributed by atoms with E-state index >= 15 is 0 Å². The van der Waals surface area contributed by atoms with Crippen LogP contribution in [0.3, 0.4) is 0 Å². The molecule has 0 saturated carbocycles. The number of nitrogens with zero attached hydrogens (tertiary/aromatic N) is 1. The Hall–Kier alpha value is -5.06. The lowest BCUT2D eigenvalue weighted by Crippen LogP contribution is -2.29. The first-order chi connectivity index (χ1) is 20.6. The summed E-state index contributed by atoms with van der Waals surface area (Å²) in [5, 5.41) is 2.69. The number of benzene rings is 3. The highest BCUT2D eigenvalue weighted by Crippen LogP contribution is 2.34. The number of carbonyl (C=O) groups excluding carboxylic acids is 2. The molecule has 4 rings (SSSR count). The number of hydrogen-bond donors (Lipinski definition) is 2. The monoisotopic (exact) mass is 589 g/mol. The van der Waals surface area contributed by atoms with E-state index in [1.54, 1.807) is 0 Å². The van der Waals surface area contributed by atoms with Crippen molar-refractivity contribution in [1.29, 1.82) is 0 Å². The number of hydrogen-bond acceptors (Lipinski definition) is 8. The number of carbonyl (C=O) groups is 2. The first-order valence-electron chi connectivity index (χ1n) is 13.9.